The Morgan fingerprint density at radius 3 is 2.55 bits per heavy atom. The smallest absolute Gasteiger partial charge is 0.368 e. The number of amides is 2. The van der Waals surface area contributed by atoms with E-state index < -0.39 is 23.6 Å². The van der Waals surface area contributed by atoms with Gasteiger partial charge >= 0.3 is 6.18 Å². The number of halogens is 3. The third-order valence-electron chi connectivity index (χ3n) is 4.11. The predicted octanol–water partition coefficient (Wildman–Crippen LogP) is 3.49. The van der Waals surface area contributed by atoms with E-state index in [4.69, 9.17) is 5.73 Å². The van der Waals surface area contributed by atoms with Crippen molar-refractivity contribution in [1.29, 1.82) is 0 Å². The van der Waals surface area contributed by atoms with E-state index in [1.807, 2.05) is 31.2 Å². The number of nitrogens with one attached hydrogen (secondary N) is 1. The maximum absolute atomic E-state index is 12.8. The van der Waals surface area contributed by atoms with Gasteiger partial charge in [0.05, 0.1) is 11.3 Å². The van der Waals surface area contributed by atoms with E-state index in [1.54, 1.807) is 0 Å². The number of nitrogens with two attached hydrogens (primary N) is 1. The summed E-state index contributed by atoms with van der Waals surface area (Å²) in [6, 6.07) is 11.8. The number of benzene rings is 2. The molecule has 0 aliphatic heterocycles. The monoisotopic (exact) mass is 449 g/mol. The third-order valence-corrected chi connectivity index (χ3v) is 5.08. The van der Waals surface area contributed by atoms with Crippen LogP contribution in [0.5, 0.6) is 0 Å². The van der Waals surface area contributed by atoms with Crippen molar-refractivity contribution in [1.82, 2.24) is 14.8 Å². The molecule has 0 fully saturated rings. The average Bonchev–Trinajstić information content (AvgIpc) is 3.08. The lowest BCUT2D eigenvalue weighted by Gasteiger charge is -2.10. The van der Waals surface area contributed by atoms with Crippen molar-refractivity contribution in [2.75, 3.05) is 11.1 Å². The van der Waals surface area contributed by atoms with Crippen LogP contribution in [-0.4, -0.2) is 32.3 Å². The fourth-order valence-corrected chi connectivity index (χ4v) is 3.53. The van der Waals surface area contributed by atoms with E-state index in [2.05, 4.69) is 15.5 Å². The van der Waals surface area contributed by atoms with Crippen LogP contribution in [0.4, 0.5) is 18.9 Å². The molecule has 11 heteroatoms. The van der Waals surface area contributed by atoms with E-state index in [1.165, 1.54) is 16.7 Å². The van der Waals surface area contributed by atoms with Crippen LogP contribution in [0.25, 0.3) is 11.4 Å². The van der Waals surface area contributed by atoms with Crippen molar-refractivity contribution < 1.29 is 22.8 Å². The second kappa shape index (κ2) is 9.21. The van der Waals surface area contributed by atoms with Gasteiger partial charge in [-0.05, 0) is 31.2 Å². The first-order chi connectivity index (χ1) is 14.6. The van der Waals surface area contributed by atoms with Crippen LogP contribution in [0.2, 0.25) is 0 Å². The summed E-state index contributed by atoms with van der Waals surface area (Å²) in [4.78, 5) is 23.8. The summed E-state index contributed by atoms with van der Waals surface area (Å²) in [5, 5.41) is 10.9. The van der Waals surface area contributed by atoms with E-state index in [-0.39, 0.29) is 23.1 Å². The molecule has 2 amide bonds. The topological polar surface area (TPSA) is 103 Å². The SMILES string of the molecule is Cc1cccc(-c2nnc(SCC(=O)Nc3cccc(C(F)(F)F)c3)n2CC(N)=O)c1. The van der Waals surface area contributed by atoms with Gasteiger partial charge in [0.2, 0.25) is 11.8 Å². The Kier molecular flexibility index (Phi) is 6.64. The Labute approximate surface area is 179 Å². The minimum Gasteiger partial charge on any atom is -0.368 e. The Hall–Kier alpha value is -3.34. The maximum atomic E-state index is 12.8. The van der Waals surface area contributed by atoms with E-state index in [9.17, 15) is 22.8 Å². The molecule has 162 valence electrons. The molecule has 3 N–H and O–H groups in total. The molecule has 0 aliphatic rings. The van der Waals surface area contributed by atoms with Gasteiger partial charge in [-0.25, -0.2) is 0 Å². The summed E-state index contributed by atoms with van der Waals surface area (Å²) in [7, 11) is 0. The lowest BCUT2D eigenvalue weighted by Crippen LogP contribution is -2.20. The number of thioether (sulfide) groups is 1. The zero-order valence-corrected chi connectivity index (χ0v) is 17.1. The summed E-state index contributed by atoms with van der Waals surface area (Å²) in [6.45, 7) is 1.72. The molecule has 0 saturated heterocycles. The lowest BCUT2D eigenvalue weighted by molar-refractivity contribution is -0.137. The quantitative estimate of drug-likeness (QED) is 0.538. The van der Waals surface area contributed by atoms with Gasteiger partial charge in [0.15, 0.2) is 11.0 Å². The Bertz CT molecular complexity index is 1110. The fourth-order valence-electron chi connectivity index (χ4n) is 2.79. The van der Waals surface area contributed by atoms with Crippen molar-refractivity contribution in [3.05, 3.63) is 59.7 Å². The highest BCUT2D eigenvalue weighted by atomic mass is 32.2. The Balaban J connectivity index is 1.74. The van der Waals surface area contributed by atoms with Crippen LogP contribution in [0.3, 0.4) is 0 Å². The fraction of sp³-hybridized carbons (Fsp3) is 0.200. The number of primary amides is 1. The molecule has 1 heterocycles. The number of hydrogen-bond acceptors (Lipinski definition) is 5. The van der Waals surface area contributed by atoms with E-state index in [0.717, 1.165) is 35.0 Å². The minimum atomic E-state index is -4.51. The molecule has 1 aromatic heterocycles. The molecule has 31 heavy (non-hydrogen) atoms. The van der Waals surface area contributed by atoms with Gasteiger partial charge in [-0.1, -0.05) is 41.6 Å². The zero-order chi connectivity index (χ0) is 22.6. The minimum absolute atomic E-state index is 0.0273. The normalized spacial score (nSPS) is 11.4. The molecular formula is C20H18F3N5O2S. The van der Waals surface area contributed by atoms with Crippen LogP contribution >= 0.6 is 11.8 Å². The van der Waals surface area contributed by atoms with E-state index in [0.29, 0.717) is 5.82 Å². The van der Waals surface area contributed by atoms with Gasteiger partial charge < -0.3 is 11.1 Å². The van der Waals surface area contributed by atoms with Crippen LogP contribution in [-0.2, 0) is 22.3 Å². The summed E-state index contributed by atoms with van der Waals surface area (Å²) < 4.78 is 40.0. The van der Waals surface area contributed by atoms with Crippen LogP contribution in [0, 0.1) is 6.92 Å². The summed E-state index contributed by atoms with van der Waals surface area (Å²) in [5.74, 6) is -0.872. The second-order valence-corrected chi connectivity index (χ2v) is 7.59. The summed E-state index contributed by atoms with van der Waals surface area (Å²) in [6.07, 6.45) is -4.51. The first kappa shape index (κ1) is 22.3. The number of hydrogen-bond donors (Lipinski definition) is 2. The molecule has 7 nitrogen and oxygen atoms in total. The molecule has 0 atom stereocenters. The average molecular weight is 449 g/mol. The van der Waals surface area contributed by atoms with Crippen molar-refractivity contribution in [2.24, 2.45) is 5.73 Å². The molecule has 0 bridgehead atoms. The third kappa shape index (κ3) is 5.85. The van der Waals surface area contributed by atoms with Crippen molar-refractivity contribution in [3.8, 4) is 11.4 Å². The van der Waals surface area contributed by atoms with Gasteiger partial charge in [0.25, 0.3) is 0 Å². The van der Waals surface area contributed by atoms with Crippen LogP contribution < -0.4 is 11.1 Å². The van der Waals surface area contributed by atoms with Gasteiger partial charge in [-0.3, -0.25) is 14.2 Å². The lowest BCUT2D eigenvalue weighted by atomic mass is 10.1. The van der Waals surface area contributed by atoms with E-state index >= 15 is 0 Å². The Morgan fingerprint density at radius 1 is 1.13 bits per heavy atom. The highest BCUT2D eigenvalue weighted by molar-refractivity contribution is 7.99. The Morgan fingerprint density at radius 2 is 1.87 bits per heavy atom. The van der Waals surface area contributed by atoms with Gasteiger partial charge in [0.1, 0.15) is 6.54 Å². The zero-order valence-electron chi connectivity index (χ0n) is 16.3. The highest BCUT2D eigenvalue weighted by Gasteiger charge is 2.30. The van der Waals surface area contributed by atoms with Crippen molar-refractivity contribution in [3.63, 3.8) is 0 Å². The van der Waals surface area contributed by atoms with Gasteiger partial charge in [-0.2, -0.15) is 13.2 Å². The number of carbonyl (C=O) groups excluding carboxylic acids is 2. The van der Waals surface area contributed by atoms with Crippen LogP contribution in [0.1, 0.15) is 11.1 Å². The molecule has 0 spiro atoms. The number of rotatable bonds is 7. The molecular weight excluding hydrogens is 431 g/mol. The molecule has 0 saturated carbocycles. The van der Waals surface area contributed by atoms with Gasteiger partial charge in [0, 0.05) is 11.3 Å². The molecule has 3 rings (SSSR count). The predicted molar refractivity (Wildman–Crippen MR) is 110 cm³/mol. The van der Waals surface area contributed by atoms with Gasteiger partial charge in [-0.15, -0.1) is 10.2 Å². The number of alkyl halides is 3. The molecule has 0 aliphatic carbocycles. The standard InChI is InChI=1S/C20H18F3N5O2S/c1-12-4-2-5-13(8-12)18-26-27-19(28(18)10-16(24)29)31-11-17(30)25-15-7-3-6-14(9-15)20(21,22)23/h2-9H,10-11H2,1H3,(H2,24,29)(H,25,30). The summed E-state index contributed by atoms with van der Waals surface area (Å²) in [5.41, 5.74) is 6.23. The number of aromatic nitrogens is 3. The number of nitrogens with zero attached hydrogens (tertiary/aromatic N) is 3. The number of aryl methyl sites for hydroxylation is 1. The molecule has 2 aromatic carbocycles. The van der Waals surface area contributed by atoms with Crippen molar-refractivity contribution >= 4 is 29.3 Å². The van der Waals surface area contributed by atoms with Crippen LogP contribution in [0.15, 0.2) is 53.7 Å². The number of anilines is 1. The summed E-state index contributed by atoms with van der Waals surface area (Å²) >= 11 is 0.993. The maximum Gasteiger partial charge on any atom is 0.416 e. The number of carbonyl (C=O) groups is 2. The van der Waals surface area contributed by atoms with Crippen molar-refractivity contribution in [2.45, 2.75) is 24.8 Å². The molecule has 0 radical (unpaired) electrons. The highest BCUT2D eigenvalue weighted by Crippen LogP contribution is 2.31. The first-order valence-electron chi connectivity index (χ1n) is 9.02. The molecule has 0 unspecified atom stereocenters. The second-order valence-electron chi connectivity index (χ2n) is 6.64. The molecule has 3 aromatic rings. The largest absolute Gasteiger partial charge is 0.416 e. The first-order valence-corrected chi connectivity index (χ1v) is 10.0.